The lowest BCUT2D eigenvalue weighted by Crippen LogP contribution is -2.13. The molecule has 0 aliphatic heterocycles. The highest BCUT2D eigenvalue weighted by Gasteiger charge is 2.26. The average molecular weight is 239 g/mol. The molecule has 0 saturated heterocycles. The van der Waals surface area contributed by atoms with E-state index in [1.165, 1.54) is 0 Å². The molecule has 0 aromatic heterocycles. The molecule has 0 saturated carbocycles. The second-order valence-corrected chi connectivity index (χ2v) is 3.26. The first-order valence-corrected chi connectivity index (χ1v) is 4.89. The number of hydrogen-bond donors (Lipinski definition) is 0. The molecule has 0 spiro atoms. The molecule has 0 bridgehead atoms. The third-order valence-corrected chi connectivity index (χ3v) is 2.02. The summed E-state index contributed by atoms with van der Waals surface area (Å²) in [6.07, 6.45) is -5.12. The molecule has 84 valence electrons. The molecule has 1 nitrogen and oxygen atoms in total. The van der Waals surface area contributed by atoms with E-state index in [0.29, 0.717) is 11.6 Å². The Labute approximate surface area is 90.8 Å². The Morgan fingerprint density at radius 2 is 2.00 bits per heavy atom. The third kappa shape index (κ3) is 4.93. The molecule has 1 aromatic rings. The number of benzene rings is 1. The maximum absolute atomic E-state index is 11.8. The predicted octanol–water partition coefficient (Wildman–Crippen LogP) is 3.76. The van der Waals surface area contributed by atoms with Crippen molar-refractivity contribution in [2.75, 3.05) is 6.61 Å². The Bertz CT molecular complexity index is 312. The first-order chi connectivity index (χ1) is 7.01. The number of ether oxygens (including phenoxy) is 1. The second-order valence-electron chi connectivity index (χ2n) is 2.99. The number of alkyl halides is 4. The van der Waals surface area contributed by atoms with E-state index < -0.39 is 12.6 Å². The summed E-state index contributed by atoms with van der Waals surface area (Å²) in [4.78, 5) is 0. The second kappa shape index (κ2) is 5.26. The molecule has 0 amide bonds. The maximum Gasteiger partial charge on any atom is 0.392 e. The van der Waals surface area contributed by atoms with Crippen molar-refractivity contribution in [2.24, 2.45) is 0 Å². The van der Waals surface area contributed by atoms with E-state index in [9.17, 15) is 13.2 Å². The smallest absolute Gasteiger partial charge is 0.392 e. The zero-order valence-electron chi connectivity index (χ0n) is 7.85. The van der Waals surface area contributed by atoms with Crippen LogP contribution in [-0.4, -0.2) is 12.8 Å². The summed E-state index contributed by atoms with van der Waals surface area (Å²) in [6.45, 7) is -0.366. The van der Waals surface area contributed by atoms with E-state index >= 15 is 0 Å². The molecule has 0 unspecified atom stereocenters. The van der Waals surface area contributed by atoms with Crippen LogP contribution < -0.4 is 4.74 Å². The van der Waals surface area contributed by atoms with Crippen molar-refractivity contribution in [1.82, 2.24) is 0 Å². The molecule has 1 rings (SSSR count). The summed E-state index contributed by atoms with van der Waals surface area (Å²) in [5.41, 5.74) is 0.821. The predicted molar refractivity (Wildman–Crippen MR) is 52.2 cm³/mol. The summed E-state index contributed by atoms with van der Waals surface area (Å²) in [5, 5.41) is 0. The molecule has 0 aliphatic carbocycles. The van der Waals surface area contributed by atoms with Crippen molar-refractivity contribution in [3.05, 3.63) is 29.8 Å². The quantitative estimate of drug-likeness (QED) is 0.726. The van der Waals surface area contributed by atoms with Gasteiger partial charge in [0.05, 0.1) is 13.0 Å². The monoisotopic (exact) mass is 238 g/mol. The van der Waals surface area contributed by atoms with Gasteiger partial charge in [-0.1, -0.05) is 12.1 Å². The van der Waals surface area contributed by atoms with Crippen molar-refractivity contribution < 1.29 is 17.9 Å². The van der Waals surface area contributed by atoms with Crippen molar-refractivity contribution in [2.45, 2.75) is 18.5 Å². The van der Waals surface area contributed by atoms with Gasteiger partial charge in [0.1, 0.15) is 5.75 Å². The van der Waals surface area contributed by atoms with Crippen LogP contribution in [0.2, 0.25) is 0 Å². The Kier molecular flexibility index (Phi) is 4.27. The molecule has 0 N–H and O–H groups in total. The minimum atomic E-state index is -4.18. The van der Waals surface area contributed by atoms with Crippen LogP contribution in [0, 0.1) is 0 Å². The third-order valence-electron chi connectivity index (χ3n) is 1.71. The summed E-state index contributed by atoms with van der Waals surface area (Å²) in [6, 6.07) is 6.71. The van der Waals surface area contributed by atoms with E-state index in [2.05, 4.69) is 0 Å². The van der Waals surface area contributed by atoms with E-state index in [1.807, 2.05) is 0 Å². The molecule has 5 heteroatoms. The van der Waals surface area contributed by atoms with Crippen LogP contribution in [0.3, 0.4) is 0 Å². The van der Waals surface area contributed by atoms with E-state index in [4.69, 9.17) is 16.3 Å². The van der Waals surface area contributed by atoms with Gasteiger partial charge < -0.3 is 4.74 Å². The van der Waals surface area contributed by atoms with Gasteiger partial charge in [0.15, 0.2) is 0 Å². The Balaban J connectivity index is 2.44. The summed E-state index contributed by atoms with van der Waals surface area (Å²) >= 11 is 5.57. The van der Waals surface area contributed by atoms with Crippen molar-refractivity contribution in [3.63, 3.8) is 0 Å². The van der Waals surface area contributed by atoms with Crippen molar-refractivity contribution in [1.29, 1.82) is 0 Å². The normalized spacial score (nSPS) is 11.5. The standard InChI is InChI=1S/C10H10ClF3O/c11-7-8-2-1-3-9(6-8)15-5-4-10(12,13)14/h1-3,6H,4-5,7H2. The minimum absolute atomic E-state index is 0.316. The molecule has 0 radical (unpaired) electrons. The molecular weight excluding hydrogens is 229 g/mol. The fourth-order valence-electron chi connectivity index (χ4n) is 1.00. The molecule has 15 heavy (non-hydrogen) atoms. The van der Waals surface area contributed by atoms with Crippen LogP contribution in [0.15, 0.2) is 24.3 Å². The number of rotatable bonds is 4. The first-order valence-electron chi connectivity index (χ1n) is 4.36. The maximum atomic E-state index is 11.8. The number of halogens is 4. The van der Waals surface area contributed by atoms with Crippen LogP contribution in [0.1, 0.15) is 12.0 Å². The van der Waals surface area contributed by atoms with Gasteiger partial charge in [0, 0.05) is 5.88 Å². The highest BCUT2D eigenvalue weighted by atomic mass is 35.5. The molecule has 0 heterocycles. The zero-order valence-corrected chi connectivity index (χ0v) is 8.61. The zero-order chi connectivity index (χ0) is 11.3. The molecule has 0 fully saturated rings. The Morgan fingerprint density at radius 3 is 2.60 bits per heavy atom. The summed E-state index contributed by atoms with van der Waals surface area (Å²) < 4.78 is 40.4. The highest BCUT2D eigenvalue weighted by molar-refractivity contribution is 6.17. The summed E-state index contributed by atoms with van der Waals surface area (Å²) in [7, 11) is 0. The molecule has 0 atom stereocenters. The van der Waals surface area contributed by atoms with Gasteiger partial charge in [-0.3, -0.25) is 0 Å². The molecule has 0 aliphatic rings. The minimum Gasteiger partial charge on any atom is -0.493 e. The van der Waals surface area contributed by atoms with E-state index in [-0.39, 0.29) is 6.61 Å². The van der Waals surface area contributed by atoms with E-state index in [1.54, 1.807) is 24.3 Å². The molecular formula is C10H10ClF3O. The van der Waals surface area contributed by atoms with Crippen molar-refractivity contribution in [3.8, 4) is 5.75 Å². The fraction of sp³-hybridized carbons (Fsp3) is 0.400. The first kappa shape index (κ1) is 12.2. The fourth-order valence-corrected chi connectivity index (χ4v) is 1.17. The van der Waals surface area contributed by atoms with Crippen LogP contribution >= 0.6 is 11.6 Å². The molecule has 1 aromatic carbocycles. The highest BCUT2D eigenvalue weighted by Crippen LogP contribution is 2.21. The van der Waals surface area contributed by atoms with Crippen LogP contribution in [-0.2, 0) is 5.88 Å². The largest absolute Gasteiger partial charge is 0.493 e. The Hall–Kier alpha value is -0.900. The van der Waals surface area contributed by atoms with Gasteiger partial charge in [-0.2, -0.15) is 13.2 Å². The Morgan fingerprint density at radius 1 is 1.27 bits per heavy atom. The van der Waals surface area contributed by atoms with E-state index in [0.717, 1.165) is 5.56 Å². The van der Waals surface area contributed by atoms with Crippen molar-refractivity contribution >= 4 is 11.6 Å². The van der Waals surface area contributed by atoms with Gasteiger partial charge in [-0.05, 0) is 17.7 Å². The van der Waals surface area contributed by atoms with Gasteiger partial charge >= 0.3 is 6.18 Å². The van der Waals surface area contributed by atoms with Gasteiger partial charge in [-0.25, -0.2) is 0 Å². The van der Waals surface area contributed by atoms with Gasteiger partial charge in [-0.15, -0.1) is 11.6 Å². The van der Waals surface area contributed by atoms with Crippen LogP contribution in [0.4, 0.5) is 13.2 Å². The lowest BCUT2D eigenvalue weighted by Gasteiger charge is -2.09. The van der Waals surface area contributed by atoms with Gasteiger partial charge in [0.2, 0.25) is 0 Å². The average Bonchev–Trinajstić information content (AvgIpc) is 2.16. The lowest BCUT2D eigenvalue weighted by atomic mass is 10.2. The van der Waals surface area contributed by atoms with Gasteiger partial charge in [0.25, 0.3) is 0 Å². The number of hydrogen-bond acceptors (Lipinski definition) is 1. The summed E-state index contributed by atoms with van der Waals surface area (Å²) in [5.74, 6) is 0.730. The van der Waals surface area contributed by atoms with Crippen LogP contribution in [0.5, 0.6) is 5.75 Å². The lowest BCUT2D eigenvalue weighted by molar-refractivity contribution is -0.139. The topological polar surface area (TPSA) is 9.23 Å². The SMILES string of the molecule is FC(F)(F)CCOc1cccc(CCl)c1. The van der Waals surface area contributed by atoms with Crippen LogP contribution in [0.25, 0.3) is 0 Å².